The zero-order valence-electron chi connectivity index (χ0n) is 10.4. The van der Waals surface area contributed by atoms with Crippen LogP contribution >= 0.6 is 0 Å². The van der Waals surface area contributed by atoms with E-state index < -0.39 is 4.92 Å². The Morgan fingerprint density at radius 1 is 1.50 bits per heavy atom. The van der Waals surface area contributed by atoms with Crippen LogP contribution in [0.3, 0.4) is 0 Å². The van der Waals surface area contributed by atoms with Gasteiger partial charge in [-0.1, -0.05) is 6.07 Å². The number of benzene rings is 1. The Hall–Kier alpha value is -1.95. The van der Waals surface area contributed by atoms with E-state index in [0.29, 0.717) is 30.7 Å². The molecule has 0 radical (unpaired) electrons. The van der Waals surface area contributed by atoms with E-state index in [0.717, 1.165) is 0 Å². The number of methoxy groups -OCH3 is 1. The number of nitro benzene ring substituents is 1. The average molecular weight is 252 g/mol. The number of nitrogens with zero attached hydrogens (tertiary/aromatic N) is 1. The van der Waals surface area contributed by atoms with Crippen LogP contribution < -0.4 is 5.32 Å². The number of rotatable bonds is 6. The van der Waals surface area contributed by atoms with Gasteiger partial charge in [0, 0.05) is 37.5 Å². The van der Waals surface area contributed by atoms with Crippen LogP contribution in [-0.2, 0) is 4.74 Å². The van der Waals surface area contributed by atoms with E-state index in [2.05, 4.69) is 5.32 Å². The molecule has 0 saturated carbocycles. The minimum absolute atomic E-state index is 0.0421. The fraction of sp³-hybridized carbons (Fsp3) is 0.417. The fourth-order valence-electron chi connectivity index (χ4n) is 1.58. The summed E-state index contributed by atoms with van der Waals surface area (Å²) in [5.41, 5.74) is 0.674. The first-order valence-corrected chi connectivity index (χ1v) is 5.59. The second-order valence-electron chi connectivity index (χ2n) is 3.81. The molecular formula is C12H16N2O4. The number of hydrogen-bond acceptors (Lipinski definition) is 4. The molecule has 98 valence electrons. The van der Waals surface area contributed by atoms with Crippen molar-refractivity contribution in [1.82, 2.24) is 5.32 Å². The van der Waals surface area contributed by atoms with Crippen molar-refractivity contribution in [1.29, 1.82) is 0 Å². The molecule has 1 aromatic rings. The Kier molecular flexibility index (Phi) is 5.26. The van der Waals surface area contributed by atoms with Gasteiger partial charge in [0.05, 0.1) is 4.92 Å². The van der Waals surface area contributed by atoms with E-state index in [1.807, 2.05) is 0 Å². The van der Waals surface area contributed by atoms with Gasteiger partial charge in [-0.05, 0) is 19.4 Å². The zero-order valence-corrected chi connectivity index (χ0v) is 10.4. The summed E-state index contributed by atoms with van der Waals surface area (Å²) in [7, 11) is 1.59. The molecule has 0 unspecified atom stereocenters. The minimum atomic E-state index is -0.489. The van der Waals surface area contributed by atoms with Gasteiger partial charge in [-0.3, -0.25) is 14.9 Å². The monoisotopic (exact) mass is 252 g/mol. The normalized spacial score (nSPS) is 10.1. The number of carbonyl (C=O) groups is 1. The highest BCUT2D eigenvalue weighted by atomic mass is 16.6. The molecule has 0 aliphatic rings. The summed E-state index contributed by atoms with van der Waals surface area (Å²) in [5, 5.41) is 13.5. The van der Waals surface area contributed by atoms with E-state index in [4.69, 9.17) is 4.74 Å². The maximum absolute atomic E-state index is 11.8. The summed E-state index contributed by atoms with van der Waals surface area (Å²) >= 11 is 0. The second-order valence-corrected chi connectivity index (χ2v) is 3.81. The highest BCUT2D eigenvalue weighted by Gasteiger charge is 2.17. The molecule has 0 aliphatic carbocycles. The number of ether oxygens (including phenoxy) is 1. The SMILES string of the molecule is COCCCNC(=O)c1cccc([N+](=O)[O-])c1C. The molecule has 18 heavy (non-hydrogen) atoms. The lowest BCUT2D eigenvalue weighted by Crippen LogP contribution is -2.26. The van der Waals surface area contributed by atoms with Crippen molar-refractivity contribution < 1.29 is 14.5 Å². The summed E-state index contributed by atoms with van der Waals surface area (Å²) in [6.45, 7) is 2.62. The van der Waals surface area contributed by atoms with Gasteiger partial charge in [0.15, 0.2) is 0 Å². The molecule has 1 rings (SSSR count). The van der Waals surface area contributed by atoms with Crippen molar-refractivity contribution in [2.75, 3.05) is 20.3 Å². The number of nitro groups is 1. The van der Waals surface area contributed by atoms with Crippen LogP contribution in [0.25, 0.3) is 0 Å². The van der Waals surface area contributed by atoms with Crippen LogP contribution in [0.4, 0.5) is 5.69 Å². The second kappa shape index (κ2) is 6.70. The summed E-state index contributed by atoms with van der Waals surface area (Å²) in [6.07, 6.45) is 0.705. The van der Waals surface area contributed by atoms with Crippen molar-refractivity contribution in [3.05, 3.63) is 39.4 Å². The lowest BCUT2D eigenvalue weighted by Gasteiger charge is -2.07. The first kappa shape index (κ1) is 14.1. The topological polar surface area (TPSA) is 81.5 Å². The molecule has 0 fully saturated rings. The Morgan fingerprint density at radius 3 is 2.83 bits per heavy atom. The number of nitrogens with one attached hydrogen (secondary N) is 1. The predicted octanol–water partition coefficient (Wildman–Crippen LogP) is 1.67. The van der Waals surface area contributed by atoms with E-state index in [9.17, 15) is 14.9 Å². The van der Waals surface area contributed by atoms with E-state index >= 15 is 0 Å². The third-order valence-electron chi connectivity index (χ3n) is 2.56. The molecule has 0 heterocycles. The fourth-order valence-corrected chi connectivity index (χ4v) is 1.58. The van der Waals surface area contributed by atoms with Crippen LogP contribution in [0.2, 0.25) is 0 Å². The van der Waals surface area contributed by atoms with Crippen molar-refractivity contribution in [3.8, 4) is 0 Å². The molecule has 0 aromatic heterocycles. The highest BCUT2D eigenvalue weighted by Crippen LogP contribution is 2.20. The number of hydrogen-bond donors (Lipinski definition) is 1. The Labute approximate surface area is 105 Å². The Bertz CT molecular complexity index is 446. The molecule has 6 nitrogen and oxygen atoms in total. The summed E-state index contributed by atoms with van der Waals surface area (Å²) in [4.78, 5) is 22.1. The van der Waals surface area contributed by atoms with Crippen molar-refractivity contribution in [2.24, 2.45) is 0 Å². The third kappa shape index (κ3) is 3.53. The smallest absolute Gasteiger partial charge is 0.273 e. The molecular weight excluding hydrogens is 236 g/mol. The Morgan fingerprint density at radius 2 is 2.22 bits per heavy atom. The van der Waals surface area contributed by atoms with Crippen LogP contribution in [0.1, 0.15) is 22.3 Å². The predicted molar refractivity (Wildman–Crippen MR) is 66.7 cm³/mol. The van der Waals surface area contributed by atoms with Crippen LogP contribution in [0.5, 0.6) is 0 Å². The average Bonchev–Trinajstić information content (AvgIpc) is 2.34. The van der Waals surface area contributed by atoms with E-state index in [1.54, 1.807) is 20.1 Å². The highest BCUT2D eigenvalue weighted by molar-refractivity contribution is 5.96. The molecule has 0 saturated heterocycles. The first-order chi connectivity index (χ1) is 8.57. The van der Waals surface area contributed by atoms with Gasteiger partial charge in [-0.25, -0.2) is 0 Å². The largest absolute Gasteiger partial charge is 0.385 e. The standard InChI is InChI=1S/C12H16N2O4/c1-9-10(5-3-6-11(9)14(16)17)12(15)13-7-4-8-18-2/h3,5-6H,4,7-8H2,1-2H3,(H,13,15). The van der Waals surface area contributed by atoms with Crippen LogP contribution in [0.15, 0.2) is 18.2 Å². The maximum Gasteiger partial charge on any atom is 0.273 e. The number of amides is 1. The van der Waals surface area contributed by atoms with Gasteiger partial charge < -0.3 is 10.1 Å². The van der Waals surface area contributed by atoms with Gasteiger partial charge in [-0.2, -0.15) is 0 Å². The van der Waals surface area contributed by atoms with Crippen LogP contribution in [-0.4, -0.2) is 31.1 Å². The maximum atomic E-state index is 11.8. The van der Waals surface area contributed by atoms with Gasteiger partial charge >= 0.3 is 0 Å². The first-order valence-electron chi connectivity index (χ1n) is 5.59. The van der Waals surface area contributed by atoms with Crippen LogP contribution in [0, 0.1) is 17.0 Å². The summed E-state index contributed by atoms with van der Waals surface area (Å²) < 4.78 is 4.86. The summed E-state index contributed by atoms with van der Waals surface area (Å²) in [5.74, 6) is -0.299. The van der Waals surface area contributed by atoms with Gasteiger partial charge in [0.25, 0.3) is 11.6 Å². The quantitative estimate of drug-likeness (QED) is 0.474. The Balaban J connectivity index is 2.74. The molecule has 0 spiro atoms. The van der Waals surface area contributed by atoms with Crippen molar-refractivity contribution in [3.63, 3.8) is 0 Å². The molecule has 6 heteroatoms. The van der Waals surface area contributed by atoms with Crippen molar-refractivity contribution in [2.45, 2.75) is 13.3 Å². The third-order valence-corrected chi connectivity index (χ3v) is 2.56. The zero-order chi connectivity index (χ0) is 13.5. The van der Waals surface area contributed by atoms with E-state index in [1.165, 1.54) is 12.1 Å². The lowest BCUT2D eigenvalue weighted by molar-refractivity contribution is -0.385. The molecule has 0 bridgehead atoms. The minimum Gasteiger partial charge on any atom is -0.385 e. The number of carbonyl (C=O) groups excluding carboxylic acids is 1. The molecule has 0 aliphatic heterocycles. The molecule has 1 aromatic carbocycles. The van der Waals surface area contributed by atoms with Gasteiger partial charge in [0.2, 0.25) is 0 Å². The molecule has 1 N–H and O–H groups in total. The van der Waals surface area contributed by atoms with Gasteiger partial charge in [0.1, 0.15) is 0 Å². The molecule has 1 amide bonds. The lowest BCUT2D eigenvalue weighted by atomic mass is 10.1. The van der Waals surface area contributed by atoms with E-state index in [-0.39, 0.29) is 11.6 Å². The van der Waals surface area contributed by atoms with Gasteiger partial charge in [-0.15, -0.1) is 0 Å². The molecule has 0 atom stereocenters. The van der Waals surface area contributed by atoms with Crippen molar-refractivity contribution >= 4 is 11.6 Å². The summed E-state index contributed by atoms with van der Waals surface area (Å²) in [6, 6.07) is 4.47.